The van der Waals surface area contributed by atoms with Crippen molar-refractivity contribution in [3.63, 3.8) is 0 Å². The molecule has 2 aromatic heterocycles. The summed E-state index contributed by atoms with van der Waals surface area (Å²) in [6.45, 7) is 4.37. The van der Waals surface area contributed by atoms with Crippen molar-refractivity contribution in [2.45, 2.75) is 27.1 Å². The highest BCUT2D eigenvalue weighted by molar-refractivity contribution is 6.32. The summed E-state index contributed by atoms with van der Waals surface area (Å²) in [6, 6.07) is 8.95. The zero-order valence-electron chi connectivity index (χ0n) is 14.0. The van der Waals surface area contributed by atoms with Gasteiger partial charge in [-0.25, -0.2) is 4.68 Å². The summed E-state index contributed by atoms with van der Waals surface area (Å²) in [5.41, 5.74) is 2.23. The highest BCUT2D eigenvalue weighted by Gasteiger charge is 2.10. The van der Waals surface area contributed by atoms with Crippen LogP contribution in [0.1, 0.15) is 27.4 Å². The lowest BCUT2D eigenvalue weighted by atomic mass is 10.1. The van der Waals surface area contributed by atoms with E-state index < -0.39 is 0 Å². The average Bonchev–Trinajstić information content (AvgIpc) is 3.27. The van der Waals surface area contributed by atoms with Crippen LogP contribution < -0.4 is 10.1 Å². The second kappa shape index (κ2) is 7.44. The van der Waals surface area contributed by atoms with Gasteiger partial charge >= 0.3 is 0 Å². The van der Waals surface area contributed by atoms with Crippen molar-refractivity contribution >= 4 is 17.5 Å². The predicted molar refractivity (Wildman–Crippen MR) is 93.7 cm³/mol. The number of hydrogen-bond acceptors (Lipinski definition) is 4. The number of amides is 1. The predicted octanol–water partition coefficient (Wildman–Crippen LogP) is 3.71. The van der Waals surface area contributed by atoms with E-state index in [-0.39, 0.29) is 12.6 Å². The summed E-state index contributed by atoms with van der Waals surface area (Å²) in [5.74, 6) is 1.12. The molecule has 0 spiro atoms. The Balaban J connectivity index is 1.57. The van der Waals surface area contributed by atoms with Crippen LogP contribution >= 0.6 is 11.6 Å². The Hall–Kier alpha value is -2.73. The molecule has 25 heavy (non-hydrogen) atoms. The normalized spacial score (nSPS) is 10.7. The Morgan fingerprint density at radius 1 is 1.32 bits per heavy atom. The van der Waals surface area contributed by atoms with Crippen molar-refractivity contribution in [1.29, 1.82) is 0 Å². The Kier molecular flexibility index (Phi) is 5.09. The second-order valence-corrected chi connectivity index (χ2v) is 6.02. The van der Waals surface area contributed by atoms with Gasteiger partial charge in [-0.3, -0.25) is 4.79 Å². The number of ether oxygens (including phenoxy) is 1. The maximum Gasteiger partial charge on any atom is 0.272 e. The molecular formula is C18H18ClN3O3. The van der Waals surface area contributed by atoms with Crippen LogP contribution in [0.3, 0.4) is 0 Å². The van der Waals surface area contributed by atoms with Crippen LogP contribution in [0.25, 0.3) is 0 Å². The van der Waals surface area contributed by atoms with E-state index in [2.05, 4.69) is 10.4 Å². The molecule has 0 aliphatic heterocycles. The molecule has 7 heteroatoms. The van der Waals surface area contributed by atoms with E-state index in [0.717, 1.165) is 16.1 Å². The lowest BCUT2D eigenvalue weighted by Crippen LogP contribution is -2.23. The molecule has 1 aromatic carbocycles. The molecule has 0 bridgehead atoms. The third-order valence-corrected chi connectivity index (χ3v) is 4.25. The van der Waals surface area contributed by atoms with Crippen LogP contribution in [0, 0.1) is 13.8 Å². The summed E-state index contributed by atoms with van der Waals surface area (Å²) >= 11 is 6.15. The SMILES string of the molecule is Cc1cc(OCn2ccc(C(=O)NCc3ccco3)n2)cc(C)c1Cl. The molecule has 0 saturated carbocycles. The van der Waals surface area contributed by atoms with Crippen molar-refractivity contribution in [1.82, 2.24) is 15.1 Å². The van der Waals surface area contributed by atoms with Crippen molar-refractivity contribution in [3.05, 3.63) is 70.4 Å². The van der Waals surface area contributed by atoms with E-state index in [1.807, 2.05) is 26.0 Å². The first kappa shape index (κ1) is 17.1. The lowest BCUT2D eigenvalue weighted by Gasteiger charge is -2.10. The van der Waals surface area contributed by atoms with Crippen molar-refractivity contribution in [2.75, 3.05) is 0 Å². The second-order valence-electron chi connectivity index (χ2n) is 5.65. The highest BCUT2D eigenvalue weighted by Crippen LogP contribution is 2.25. The fourth-order valence-electron chi connectivity index (χ4n) is 2.36. The average molecular weight is 360 g/mol. The van der Waals surface area contributed by atoms with Gasteiger partial charge in [0.15, 0.2) is 6.73 Å². The first-order chi connectivity index (χ1) is 12.0. The Morgan fingerprint density at radius 3 is 2.76 bits per heavy atom. The smallest absolute Gasteiger partial charge is 0.272 e. The zero-order valence-corrected chi connectivity index (χ0v) is 14.7. The molecule has 130 valence electrons. The largest absolute Gasteiger partial charge is 0.471 e. The number of nitrogens with one attached hydrogen (secondary N) is 1. The summed E-state index contributed by atoms with van der Waals surface area (Å²) in [6.07, 6.45) is 3.26. The Bertz CT molecular complexity index is 849. The molecule has 0 radical (unpaired) electrons. The molecule has 0 saturated heterocycles. The maximum atomic E-state index is 12.1. The van der Waals surface area contributed by atoms with Crippen LogP contribution in [0.15, 0.2) is 47.2 Å². The van der Waals surface area contributed by atoms with Crippen LogP contribution in [-0.2, 0) is 13.3 Å². The van der Waals surface area contributed by atoms with E-state index in [1.165, 1.54) is 0 Å². The topological polar surface area (TPSA) is 69.3 Å². The third-order valence-electron chi connectivity index (χ3n) is 3.65. The van der Waals surface area contributed by atoms with E-state index in [9.17, 15) is 4.79 Å². The number of carbonyl (C=O) groups is 1. The van der Waals surface area contributed by atoms with Gasteiger partial charge in [0.05, 0.1) is 12.8 Å². The lowest BCUT2D eigenvalue weighted by molar-refractivity contribution is 0.0941. The number of nitrogens with zero attached hydrogens (tertiary/aromatic N) is 2. The van der Waals surface area contributed by atoms with Gasteiger partial charge in [0.1, 0.15) is 17.2 Å². The van der Waals surface area contributed by atoms with Gasteiger partial charge in [0, 0.05) is 11.2 Å². The molecule has 0 fully saturated rings. The molecule has 0 aliphatic rings. The van der Waals surface area contributed by atoms with Crippen LogP contribution in [0.4, 0.5) is 0 Å². The minimum Gasteiger partial charge on any atom is -0.471 e. The van der Waals surface area contributed by atoms with Gasteiger partial charge in [-0.1, -0.05) is 11.6 Å². The molecule has 2 heterocycles. The zero-order chi connectivity index (χ0) is 17.8. The summed E-state index contributed by atoms with van der Waals surface area (Å²) < 4.78 is 12.4. The minimum atomic E-state index is -0.270. The van der Waals surface area contributed by atoms with Gasteiger partial charge in [-0.05, 0) is 55.3 Å². The molecule has 0 aliphatic carbocycles. The third kappa shape index (κ3) is 4.22. The quantitative estimate of drug-likeness (QED) is 0.728. The van der Waals surface area contributed by atoms with Crippen LogP contribution in [-0.4, -0.2) is 15.7 Å². The Labute approximate surface area is 150 Å². The molecule has 6 nitrogen and oxygen atoms in total. The molecule has 3 rings (SSSR count). The summed E-state index contributed by atoms with van der Waals surface area (Å²) in [7, 11) is 0. The summed E-state index contributed by atoms with van der Waals surface area (Å²) in [5, 5.41) is 7.69. The van der Waals surface area contributed by atoms with Gasteiger partial charge < -0.3 is 14.5 Å². The van der Waals surface area contributed by atoms with Crippen molar-refractivity contribution < 1.29 is 13.9 Å². The number of furan rings is 1. The fourth-order valence-corrected chi connectivity index (χ4v) is 2.47. The molecule has 1 N–H and O–H groups in total. The first-order valence-electron chi connectivity index (χ1n) is 7.76. The number of hydrogen-bond donors (Lipinski definition) is 1. The number of aromatic nitrogens is 2. The first-order valence-corrected chi connectivity index (χ1v) is 8.14. The number of halogens is 1. The maximum absolute atomic E-state index is 12.1. The van der Waals surface area contributed by atoms with Crippen LogP contribution in [0.5, 0.6) is 5.75 Å². The van der Waals surface area contributed by atoms with E-state index in [1.54, 1.807) is 35.3 Å². The van der Waals surface area contributed by atoms with E-state index >= 15 is 0 Å². The standard InChI is InChI=1S/C18H18ClN3O3/c1-12-8-15(9-13(2)17(12)19)25-11-22-6-5-16(21-22)18(23)20-10-14-4-3-7-24-14/h3-9H,10-11H2,1-2H3,(H,20,23). The van der Waals surface area contributed by atoms with Crippen LogP contribution in [0.2, 0.25) is 5.02 Å². The van der Waals surface area contributed by atoms with Gasteiger partial charge in [0.25, 0.3) is 5.91 Å². The van der Waals surface area contributed by atoms with Gasteiger partial charge in [0.2, 0.25) is 0 Å². The number of aryl methyl sites for hydroxylation is 2. The molecule has 3 aromatic rings. The highest BCUT2D eigenvalue weighted by atomic mass is 35.5. The molecule has 0 atom stereocenters. The monoisotopic (exact) mass is 359 g/mol. The van der Waals surface area contributed by atoms with E-state index in [0.29, 0.717) is 23.7 Å². The van der Waals surface area contributed by atoms with Crippen molar-refractivity contribution in [3.8, 4) is 5.75 Å². The summed E-state index contributed by atoms with van der Waals surface area (Å²) in [4.78, 5) is 12.1. The molecule has 0 unspecified atom stereocenters. The molecular weight excluding hydrogens is 342 g/mol. The molecule has 1 amide bonds. The number of carbonyl (C=O) groups excluding carboxylic acids is 1. The van der Waals surface area contributed by atoms with E-state index in [4.69, 9.17) is 20.8 Å². The number of benzene rings is 1. The van der Waals surface area contributed by atoms with Gasteiger partial charge in [-0.15, -0.1) is 0 Å². The fraction of sp³-hybridized carbons (Fsp3) is 0.222. The minimum absolute atomic E-state index is 0.200. The Morgan fingerprint density at radius 2 is 2.08 bits per heavy atom. The number of rotatable bonds is 6. The van der Waals surface area contributed by atoms with Gasteiger partial charge in [-0.2, -0.15) is 5.10 Å². The van der Waals surface area contributed by atoms with Crippen molar-refractivity contribution in [2.24, 2.45) is 0 Å².